The normalized spacial score (nSPS) is 16.0. The number of hydrogen-bond donors (Lipinski definition) is 1. The monoisotopic (exact) mass is 418 g/mol. The molecule has 1 heterocycles. The first kappa shape index (κ1) is 24.2. The number of hydrogen-bond acceptors (Lipinski definition) is 4. The molecule has 1 aromatic rings. The molecule has 2 rings (SSSR count). The predicted molar refractivity (Wildman–Crippen MR) is 120 cm³/mol. The zero-order valence-electron chi connectivity index (χ0n) is 18.9. The van der Waals surface area contributed by atoms with E-state index in [0.29, 0.717) is 24.5 Å². The van der Waals surface area contributed by atoms with Gasteiger partial charge in [0.2, 0.25) is 0 Å². The van der Waals surface area contributed by atoms with E-state index in [1.807, 2.05) is 18.7 Å². The van der Waals surface area contributed by atoms with Gasteiger partial charge in [0.1, 0.15) is 11.4 Å². The molecular formula is C24H38N2O4. The Hall–Kier alpha value is -2.08. The first-order valence-electron chi connectivity index (χ1n) is 11.4. The summed E-state index contributed by atoms with van der Waals surface area (Å²) in [4.78, 5) is 27.0. The number of unbranched alkanes of at least 4 members (excludes halogenated alkanes) is 2. The third-order valence-electron chi connectivity index (χ3n) is 5.55. The number of carbonyl (C=O) groups is 2. The van der Waals surface area contributed by atoms with E-state index in [4.69, 9.17) is 9.47 Å². The number of ether oxygens (including phenoxy) is 2. The Labute approximate surface area is 181 Å². The van der Waals surface area contributed by atoms with Gasteiger partial charge in [-0.3, -0.25) is 9.59 Å². The summed E-state index contributed by atoms with van der Waals surface area (Å²) in [5.74, 6) is 0.523. The Kier molecular flexibility index (Phi) is 10.1. The summed E-state index contributed by atoms with van der Waals surface area (Å²) < 4.78 is 11.6. The Bertz CT molecular complexity index is 656. The van der Waals surface area contributed by atoms with Crippen LogP contribution in [-0.4, -0.2) is 48.6 Å². The SMILES string of the molecule is CCCCC[C@@](C)(OCCC)C(=O)Nc1ccc(OCC(=O)N2CCCCC2)cc1. The van der Waals surface area contributed by atoms with Gasteiger partial charge in [0, 0.05) is 25.4 Å². The maximum Gasteiger partial charge on any atom is 0.260 e. The average Bonchev–Trinajstić information content (AvgIpc) is 2.77. The quantitative estimate of drug-likeness (QED) is 0.496. The van der Waals surface area contributed by atoms with E-state index in [-0.39, 0.29) is 18.4 Å². The van der Waals surface area contributed by atoms with Crippen molar-refractivity contribution in [2.45, 2.75) is 77.7 Å². The number of anilines is 1. The molecule has 1 aromatic carbocycles. The fraction of sp³-hybridized carbons (Fsp3) is 0.667. The molecular weight excluding hydrogens is 380 g/mol. The number of amides is 2. The third kappa shape index (κ3) is 7.63. The third-order valence-corrected chi connectivity index (χ3v) is 5.55. The van der Waals surface area contributed by atoms with Gasteiger partial charge < -0.3 is 19.7 Å². The molecule has 0 unspecified atom stereocenters. The molecule has 1 fully saturated rings. The van der Waals surface area contributed by atoms with Crippen LogP contribution in [0, 0.1) is 0 Å². The number of benzene rings is 1. The lowest BCUT2D eigenvalue weighted by atomic mass is 9.96. The molecule has 1 atom stereocenters. The highest BCUT2D eigenvalue weighted by Gasteiger charge is 2.33. The Morgan fingerprint density at radius 3 is 2.37 bits per heavy atom. The van der Waals surface area contributed by atoms with Crippen LogP contribution in [0.2, 0.25) is 0 Å². The molecule has 30 heavy (non-hydrogen) atoms. The molecule has 0 aromatic heterocycles. The summed E-state index contributed by atoms with van der Waals surface area (Å²) in [5.41, 5.74) is -0.141. The molecule has 1 saturated heterocycles. The second kappa shape index (κ2) is 12.6. The van der Waals surface area contributed by atoms with Crippen LogP contribution in [0.3, 0.4) is 0 Å². The zero-order chi connectivity index (χ0) is 21.8. The molecule has 0 bridgehead atoms. The minimum atomic E-state index is -0.832. The van der Waals surface area contributed by atoms with E-state index in [2.05, 4.69) is 12.2 Å². The first-order valence-corrected chi connectivity index (χ1v) is 11.4. The largest absolute Gasteiger partial charge is 0.484 e. The zero-order valence-corrected chi connectivity index (χ0v) is 18.9. The Morgan fingerprint density at radius 2 is 1.73 bits per heavy atom. The summed E-state index contributed by atoms with van der Waals surface area (Å²) >= 11 is 0. The van der Waals surface area contributed by atoms with Crippen LogP contribution < -0.4 is 10.1 Å². The van der Waals surface area contributed by atoms with Crippen LogP contribution in [-0.2, 0) is 14.3 Å². The average molecular weight is 419 g/mol. The summed E-state index contributed by atoms with van der Waals surface area (Å²) in [7, 11) is 0. The van der Waals surface area contributed by atoms with Gasteiger partial charge in [0.25, 0.3) is 11.8 Å². The number of likely N-dealkylation sites (tertiary alicyclic amines) is 1. The van der Waals surface area contributed by atoms with Gasteiger partial charge in [-0.2, -0.15) is 0 Å². The van der Waals surface area contributed by atoms with E-state index >= 15 is 0 Å². The summed E-state index contributed by atoms with van der Waals surface area (Å²) in [6.07, 6.45) is 8.05. The maximum absolute atomic E-state index is 12.9. The van der Waals surface area contributed by atoms with Crippen LogP contribution in [0.1, 0.15) is 72.1 Å². The van der Waals surface area contributed by atoms with Crippen molar-refractivity contribution < 1.29 is 19.1 Å². The Morgan fingerprint density at radius 1 is 1.03 bits per heavy atom. The lowest BCUT2D eigenvalue weighted by Gasteiger charge is -2.29. The molecule has 1 aliphatic heterocycles. The van der Waals surface area contributed by atoms with Crippen LogP contribution in [0.15, 0.2) is 24.3 Å². The number of rotatable bonds is 12. The molecule has 0 spiro atoms. The number of nitrogens with one attached hydrogen (secondary N) is 1. The van der Waals surface area contributed by atoms with Crippen LogP contribution in [0.4, 0.5) is 5.69 Å². The van der Waals surface area contributed by atoms with Gasteiger partial charge in [-0.1, -0.05) is 33.1 Å². The molecule has 0 aliphatic carbocycles. The van der Waals surface area contributed by atoms with E-state index in [1.54, 1.807) is 24.3 Å². The van der Waals surface area contributed by atoms with Crippen molar-refractivity contribution >= 4 is 17.5 Å². The van der Waals surface area contributed by atoms with E-state index in [1.165, 1.54) is 6.42 Å². The second-order valence-corrected chi connectivity index (χ2v) is 8.25. The van der Waals surface area contributed by atoms with Crippen molar-refractivity contribution in [3.05, 3.63) is 24.3 Å². The molecule has 0 saturated carbocycles. The summed E-state index contributed by atoms with van der Waals surface area (Å²) in [6.45, 7) is 8.32. The van der Waals surface area contributed by atoms with Gasteiger partial charge in [-0.15, -0.1) is 0 Å². The van der Waals surface area contributed by atoms with Crippen molar-refractivity contribution in [3.63, 3.8) is 0 Å². The standard InChI is InChI=1S/C24H38N2O4/c1-4-6-8-15-24(3,30-18-5-2)23(28)25-20-11-13-21(14-12-20)29-19-22(27)26-16-9-7-10-17-26/h11-14H,4-10,15-19H2,1-3H3,(H,25,28)/t24-/m1/s1. The highest BCUT2D eigenvalue weighted by molar-refractivity contribution is 5.97. The van der Waals surface area contributed by atoms with Crippen molar-refractivity contribution in [2.24, 2.45) is 0 Å². The molecule has 0 radical (unpaired) electrons. The highest BCUT2D eigenvalue weighted by Crippen LogP contribution is 2.24. The van der Waals surface area contributed by atoms with Crippen molar-refractivity contribution in [1.82, 2.24) is 4.90 Å². The number of piperidine rings is 1. The second-order valence-electron chi connectivity index (χ2n) is 8.25. The van der Waals surface area contributed by atoms with Gasteiger partial charge in [-0.05, 0) is 63.3 Å². The van der Waals surface area contributed by atoms with E-state index < -0.39 is 5.60 Å². The maximum atomic E-state index is 12.9. The lowest BCUT2D eigenvalue weighted by Crippen LogP contribution is -2.43. The van der Waals surface area contributed by atoms with Crippen LogP contribution in [0.25, 0.3) is 0 Å². The summed E-state index contributed by atoms with van der Waals surface area (Å²) in [6, 6.07) is 7.15. The van der Waals surface area contributed by atoms with Crippen LogP contribution in [0.5, 0.6) is 5.75 Å². The smallest absolute Gasteiger partial charge is 0.260 e. The summed E-state index contributed by atoms with van der Waals surface area (Å²) in [5, 5.41) is 2.97. The first-order chi connectivity index (χ1) is 14.5. The van der Waals surface area contributed by atoms with Crippen molar-refractivity contribution in [3.8, 4) is 5.75 Å². The van der Waals surface area contributed by atoms with E-state index in [9.17, 15) is 9.59 Å². The molecule has 6 heteroatoms. The fourth-order valence-electron chi connectivity index (χ4n) is 3.57. The minimum Gasteiger partial charge on any atom is -0.484 e. The van der Waals surface area contributed by atoms with Gasteiger partial charge >= 0.3 is 0 Å². The van der Waals surface area contributed by atoms with E-state index in [0.717, 1.165) is 51.6 Å². The molecule has 6 nitrogen and oxygen atoms in total. The molecule has 1 aliphatic rings. The molecule has 1 N–H and O–H groups in total. The minimum absolute atomic E-state index is 0.0306. The van der Waals surface area contributed by atoms with Gasteiger partial charge in [0.15, 0.2) is 6.61 Å². The highest BCUT2D eigenvalue weighted by atomic mass is 16.5. The van der Waals surface area contributed by atoms with Gasteiger partial charge in [-0.25, -0.2) is 0 Å². The van der Waals surface area contributed by atoms with Crippen LogP contribution >= 0.6 is 0 Å². The lowest BCUT2D eigenvalue weighted by molar-refractivity contribution is -0.140. The predicted octanol–water partition coefficient (Wildman–Crippen LogP) is 4.78. The van der Waals surface area contributed by atoms with Gasteiger partial charge in [0.05, 0.1) is 0 Å². The molecule has 168 valence electrons. The fourth-order valence-corrected chi connectivity index (χ4v) is 3.57. The van der Waals surface area contributed by atoms with Crippen molar-refractivity contribution in [1.29, 1.82) is 0 Å². The number of nitrogens with zero attached hydrogens (tertiary/aromatic N) is 1. The van der Waals surface area contributed by atoms with Crippen molar-refractivity contribution in [2.75, 3.05) is 31.6 Å². The topological polar surface area (TPSA) is 67.9 Å². The molecule has 2 amide bonds. The number of carbonyl (C=O) groups excluding carboxylic acids is 2. The Balaban J connectivity index is 1.87.